The molecule has 3 heteroatoms. The maximum Gasteiger partial charge on any atom is 0.0511 e. The molecule has 0 bridgehead atoms. The number of hydrogen-bond donors (Lipinski definition) is 1. The zero-order valence-corrected chi connectivity index (χ0v) is 29.0. The van der Waals surface area contributed by atoms with E-state index in [9.17, 15) is 0 Å². The van der Waals surface area contributed by atoms with Gasteiger partial charge < -0.3 is 10.2 Å². The zero-order chi connectivity index (χ0) is 32.5. The van der Waals surface area contributed by atoms with Crippen LogP contribution in [0.3, 0.4) is 0 Å². The number of aryl methyl sites for hydroxylation is 1. The lowest BCUT2D eigenvalue weighted by Gasteiger charge is -2.29. The molecule has 0 atom stereocenters. The molecule has 0 saturated heterocycles. The van der Waals surface area contributed by atoms with E-state index in [1.165, 1.54) is 92.3 Å². The monoisotopic (exact) mass is 644 g/mol. The van der Waals surface area contributed by atoms with Crippen LogP contribution in [-0.4, -0.2) is 6.26 Å². The third-order valence-corrected chi connectivity index (χ3v) is 11.4. The smallest absolute Gasteiger partial charge is 0.0511 e. The van der Waals surface area contributed by atoms with Crippen molar-refractivity contribution in [3.05, 3.63) is 154 Å². The van der Waals surface area contributed by atoms with Gasteiger partial charge in [-0.3, -0.25) is 0 Å². The van der Waals surface area contributed by atoms with E-state index in [2.05, 4.69) is 139 Å². The Hall–Kier alpha value is -4.47. The number of nitrogens with one attached hydrogen (secondary N) is 1. The van der Waals surface area contributed by atoms with Crippen LogP contribution in [0.5, 0.6) is 0 Å². The molecule has 0 amide bonds. The largest absolute Gasteiger partial charge is 0.381 e. The molecule has 8 rings (SSSR count). The van der Waals surface area contributed by atoms with Crippen LogP contribution in [0.4, 0.5) is 17.1 Å². The van der Waals surface area contributed by atoms with Gasteiger partial charge in [-0.15, -0.1) is 11.8 Å². The molecule has 3 aliphatic carbocycles. The maximum atomic E-state index is 3.84. The van der Waals surface area contributed by atoms with Gasteiger partial charge in [0, 0.05) is 28.5 Å². The second-order valence-corrected chi connectivity index (χ2v) is 14.2. The van der Waals surface area contributed by atoms with E-state index in [-0.39, 0.29) is 0 Å². The molecule has 0 unspecified atom stereocenters. The Morgan fingerprint density at radius 2 is 1.50 bits per heavy atom. The molecule has 48 heavy (non-hydrogen) atoms. The zero-order valence-electron chi connectivity index (χ0n) is 28.2. The Bertz CT molecular complexity index is 2040. The number of nitrogens with zero attached hydrogens (tertiary/aromatic N) is 1. The summed E-state index contributed by atoms with van der Waals surface area (Å²) in [5.41, 5.74) is 19.3. The lowest BCUT2D eigenvalue weighted by atomic mass is 9.86. The number of hydrogen-bond acceptors (Lipinski definition) is 3. The first kappa shape index (κ1) is 30.8. The molecule has 240 valence electrons. The van der Waals surface area contributed by atoms with Gasteiger partial charge in [0.25, 0.3) is 0 Å². The van der Waals surface area contributed by atoms with Gasteiger partial charge in [-0.25, -0.2) is 0 Å². The molecule has 0 heterocycles. The van der Waals surface area contributed by atoms with Gasteiger partial charge >= 0.3 is 0 Å². The van der Waals surface area contributed by atoms with Gasteiger partial charge in [-0.1, -0.05) is 79.7 Å². The van der Waals surface area contributed by atoms with Crippen LogP contribution >= 0.6 is 11.8 Å². The third-order valence-electron chi connectivity index (χ3n) is 10.6. The summed E-state index contributed by atoms with van der Waals surface area (Å²) in [6.45, 7) is 3.04. The maximum absolute atomic E-state index is 3.84. The molecule has 2 nitrogen and oxygen atoms in total. The summed E-state index contributed by atoms with van der Waals surface area (Å²) in [6.07, 6.45) is 16.2. The SMILES string of the molecule is CCC1=C(NCc2ccccc2N(c2ccc3c(c2)Cc2c-3ccc3c2CCCC3)c2ccc(SC)c(-c3ccccc3)c2)C=CCC1. The molecular formula is C45H44N2S. The van der Waals surface area contributed by atoms with Crippen molar-refractivity contribution in [3.63, 3.8) is 0 Å². The fraction of sp³-hybridized carbons (Fsp3) is 0.244. The molecule has 5 aromatic rings. The van der Waals surface area contributed by atoms with Gasteiger partial charge in [-0.2, -0.15) is 0 Å². The number of para-hydroxylation sites is 1. The van der Waals surface area contributed by atoms with Crippen molar-refractivity contribution >= 4 is 28.8 Å². The highest BCUT2D eigenvalue weighted by molar-refractivity contribution is 7.98. The molecule has 1 N–H and O–H groups in total. The highest BCUT2D eigenvalue weighted by Crippen LogP contribution is 2.46. The molecule has 0 radical (unpaired) electrons. The van der Waals surface area contributed by atoms with Crippen LogP contribution in [-0.2, 0) is 25.8 Å². The van der Waals surface area contributed by atoms with E-state index in [0.717, 1.165) is 32.2 Å². The van der Waals surface area contributed by atoms with Crippen molar-refractivity contribution in [2.75, 3.05) is 11.2 Å². The van der Waals surface area contributed by atoms with E-state index < -0.39 is 0 Å². The van der Waals surface area contributed by atoms with Gasteiger partial charge in [0.05, 0.1) is 5.69 Å². The summed E-state index contributed by atoms with van der Waals surface area (Å²) in [6, 6.07) is 38.8. The predicted octanol–water partition coefficient (Wildman–Crippen LogP) is 12.1. The standard InChI is InChI=1S/C45H44N2S/c1-3-31-13-8-11-19-43(31)46-30-34-17-9-12-20-44(34)47(37-23-26-45(48-2)41(29-37)32-14-5-4-6-15-32)36-22-25-39-35(27-36)28-42-38-18-10-7-16-33(38)21-24-40(39)42/h4-6,9,11-12,14-15,17,19-27,29,46H,3,7-8,10,13,16,18,28,30H2,1-2H3. The summed E-state index contributed by atoms with van der Waals surface area (Å²) in [7, 11) is 0. The van der Waals surface area contributed by atoms with Crippen molar-refractivity contribution in [2.45, 2.75) is 69.7 Å². The summed E-state index contributed by atoms with van der Waals surface area (Å²) in [5.74, 6) is 0. The minimum Gasteiger partial charge on any atom is -0.381 e. The molecule has 0 aliphatic heterocycles. The highest BCUT2D eigenvalue weighted by atomic mass is 32.2. The van der Waals surface area contributed by atoms with Gasteiger partial charge in [0.15, 0.2) is 0 Å². The van der Waals surface area contributed by atoms with Crippen LogP contribution in [0.1, 0.15) is 66.8 Å². The van der Waals surface area contributed by atoms with Gasteiger partial charge in [0.2, 0.25) is 0 Å². The van der Waals surface area contributed by atoms with Gasteiger partial charge in [-0.05, 0) is 156 Å². The summed E-state index contributed by atoms with van der Waals surface area (Å²) < 4.78 is 0. The van der Waals surface area contributed by atoms with E-state index in [1.54, 1.807) is 16.7 Å². The molecule has 0 saturated carbocycles. The number of thioether (sulfide) groups is 1. The molecule has 3 aliphatic rings. The Morgan fingerprint density at radius 1 is 0.708 bits per heavy atom. The topological polar surface area (TPSA) is 15.3 Å². The summed E-state index contributed by atoms with van der Waals surface area (Å²) in [4.78, 5) is 3.79. The van der Waals surface area contributed by atoms with E-state index in [4.69, 9.17) is 0 Å². The molecule has 0 spiro atoms. The number of allylic oxidation sites excluding steroid dienone is 3. The quantitative estimate of drug-likeness (QED) is 0.158. The highest BCUT2D eigenvalue weighted by Gasteiger charge is 2.26. The molecular weight excluding hydrogens is 601 g/mol. The Labute approximate surface area is 290 Å². The third kappa shape index (κ3) is 5.79. The number of fused-ring (bicyclic) bond motifs is 5. The van der Waals surface area contributed by atoms with Crippen molar-refractivity contribution in [1.82, 2.24) is 5.32 Å². The van der Waals surface area contributed by atoms with Crippen molar-refractivity contribution in [2.24, 2.45) is 0 Å². The first-order valence-electron chi connectivity index (χ1n) is 17.7. The second kappa shape index (κ2) is 13.6. The van der Waals surface area contributed by atoms with Crippen molar-refractivity contribution in [3.8, 4) is 22.3 Å². The van der Waals surface area contributed by atoms with Gasteiger partial charge in [0.1, 0.15) is 0 Å². The second-order valence-electron chi connectivity index (χ2n) is 13.3. The number of anilines is 3. The minimum atomic E-state index is 0.771. The van der Waals surface area contributed by atoms with E-state index in [1.807, 2.05) is 11.8 Å². The molecule has 0 fully saturated rings. The first-order chi connectivity index (χ1) is 23.7. The molecule has 5 aromatic carbocycles. The van der Waals surface area contributed by atoms with Crippen LogP contribution in [0.25, 0.3) is 22.3 Å². The fourth-order valence-electron chi connectivity index (χ4n) is 8.11. The van der Waals surface area contributed by atoms with E-state index >= 15 is 0 Å². The fourth-order valence-corrected chi connectivity index (χ4v) is 8.72. The van der Waals surface area contributed by atoms with Crippen molar-refractivity contribution in [1.29, 1.82) is 0 Å². The lowest BCUT2D eigenvalue weighted by Crippen LogP contribution is -2.18. The average Bonchev–Trinajstić information content (AvgIpc) is 3.53. The number of benzene rings is 5. The van der Waals surface area contributed by atoms with Crippen molar-refractivity contribution < 1.29 is 0 Å². The Kier molecular flexibility index (Phi) is 8.72. The van der Waals surface area contributed by atoms with Crippen LogP contribution < -0.4 is 10.2 Å². The summed E-state index contributed by atoms with van der Waals surface area (Å²) >= 11 is 1.81. The Balaban J connectivity index is 1.24. The van der Waals surface area contributed by atoms with Crippen LogP contribution in [0.2, 0.25) is 0 Å². The minimum absolute atomic E-state index is 0.771. The average molecular weight is 645 g/mol. The Morgan fingerprint density at radius 3 is 2.38 bits per heavy atom. The lowest BCUT2D eigenvalue weighted by molar-refractivity contribution is 0.681. The molecule has 0 aromatic heterocycles. The first-order valence-corrected chi connectivity index (χ1v) is 18.9. The predicted molar refractivity (Wildman–Crippen MR) is 206 cm³/mol. The summed E-state index contributed by atoms with van der Waals surface area (Å²) in [5, 5.41) is 3.84. The van der Waals surface area contributed by atoms with E-state index in [0.29, 0.717) is 0 Å². The van der Waals surface area contributed by atoms with Crippen LogP contribution in [0, 0.1) is 0 Å². The van der Waals surface area contributed by atoms with Crippen LogP contribution in [0.15, 0.2) is 131 Å². The number of rotatable bonds is 9. The normalized spacial score (nSPS) is 14.8.